The van der Waals surface area contributed by atoms with E-state index in [4.69, 9.17) is 0 Å². The number of nitro benzene ring substituents is 2. The Kier molecular flexibility index (Phi) is 5.40. The van der Waals surface area contributed by atoms with E-state index in [0.717, 1.165) is 50.3 Å². The van der Waals surface area contributed by atoms with Gasteiger partial charge in [-0.25, -0.2) is 0 Å². The Balaban J connectivity index is 2.07. The van der Waals surface area contributed by atoms with Gasteiger partial charge >= 0.3 is 0 Å². The zero-order chi connectivity index (χ0) is 17.7. The van der Waals surface area contributed by atoms with Crippen LogP contribution in [0, 0.1) is 26.1 Å². The van der Waals surface area contributed by atoms with Crippen LogP contribution in [0.2, 0.25) is 0 Å². The van der Waals surface area contributed by atoms with Gasteiger partial charge < -0.3 is 0 Å². The van der Waals surface area contributed by atoms with Crippen molar-refractivity contribution in [2.45, 2.75) is 32.1 Å². The molecule has 0 aromatic heterocycles. The number of non-ortho nitro benzene ring substituents is 2. The first kappa shape index (κ1) is 17.3. The SMILES string of the molecule is O=C(NNC(=O)C1CCCCC1)c1cc([N+](=O)[O-])cc([N+](=O)[O-])c1. The first-order valence-electron chi connectivity index (χ1n) is 7.42. The molecule has 10 heteroatoms. The summed E-state index contributed by atoms with van der Waals surface area (Å²) in [5.41, 5.74) is 2.98. The highest BCUT2D eigenvalue weighted by molar-refractivity contribution is 5.96. The number of benzene rings is 1. The van der Waals surface area contributed by atoms with E-state index >= 15 is 0 Å². The molecule has 0 unspecified atom stereocenters. The third kappa shape index (κ3) is 4.24. The average Bonchev–Trinajstić information content (AvgIpc) is 2.59. The Morgan fingerprint density at radius 2 is 1.46 bits per heavy atom. The van der Waals surface area contributed by atoms with Crippen LogP contribution in [0.15, 0.2) is 18.2 Å². The number of carbonyl (C=O) groups excluding carboxylic acids is 2. The van der Waals surface area contributed by atoms with Gasteiger partial charge in [-0.2, -0.15) is 0 Å². The quantitative estimate of drug-likeness (QED) is 0.634. The fourth-order valence-electron chi connectivity index (χ4n) is 2.59. The van der Waals surface area contributed by atoms with Crippen molar-refractivity contribution in [2.75, 3.05) is 0 Å². The van der Waals surface area contributed by atoms with Crippen molar-refractivity contribution >= 4 is 23.2 Å². The van der Waals surface area contributed by atoms with E-state index in [1.165, 1.54) is 0 Å². The number of carbonyl (C=O) groups is 2. The molecule has 2 N–H and O–H groups in total. The maximum absolute atomic E-state index is 12.0. The van der Waals surface area contributed by atoms with E-state index in [1.807, 2.05) is 0 Å². The lowest BCUT2D eigenvalue weighted by Gasteiger charge is -2.20. The van der Waals surface area contributed by atoms with Crippen LogP contribution in [0.1, 0.15) is 42.5 Å². The molecule has 24 heavy (non-hydrogen) atoms. The van der Waals surface area contributed by atoms with E-state index in [9.17, 15) is 29.8 Å². The molecule has 0 spiro atoms. The summed E-state index contributed by atoms with van der Waals surface area (Å²) in [5, 5.41) is 21.6. The van der Waals surface area contributed by atoms with Crippen molar-refractivity contribution in [3.63, 3.8) is 0 Å². The van der Waals surface area contributed by atoms with Crippen LogP contribution < -0.4 is 10.9 Å². The normalized spacial score (nSPS) is 14.7. The minimum Gasteiger partial charge on any atom is -0.273 e. The second-order valence-corrected chi connectivity index (χ2v) is 5.53. The smallest absolute Gasteiger partial charge is 0.273 e. The number of nitro groups is 2. The van der Waals surface area contributed by atoms with Crippen LogP contribution in [0.5, 0.6) is 0 Å². The molecule has 1 aromatic carbocycles. The van der Waals surface area contributed by atoms with Gasteiger partial charge in [-0.05, 0) is 12.8 Å². The number of hydrazine groups is 1. The zero-order valence-electron chi connectivity index (χ0n) is 12.7. The number of nitrogens with zero attached hydrogens (tertiary/aromatic N) is 2. The summed E-state index contributed by atoms with van der Waals surface area (Å²) in [6.45, 7) is 0. The van der Waals surface area contributed by atoms with Gasteiger partial charge in [0.2, 0.25) is 5.91 Å². The molecule has 0 atom stereocenters. The van der Waals surface area contributed by atoms with Crippen molar-refractivity contribution in [2.24, 2.45) is 5.92 Å². The lowest BCUT2D eigenvalue weighted by atomic mass is 9.89. The van der Waals surface area contributed by atoms with Crippen molar-refractivity contribution in [3.05, 3.63) is 44.0 Å². The molecule has 2 amide bonds. The van der Waals surface area contributed by atoms with Gasteiger partial charge in [-0.15, -0.1) is 0 Å². The maximum Gasteiger partial charge on any atom is 0.277 e. The van der Waals surface area contributed by atoms with E-state index in [-0.39, 0.29) is 17.4 Å². The van der Waals surface area contributed by atoms with Gasteiger partial charge in [-0.3, -0.25) is 40.7 Å². The first-order chi connectivity index (χ1) is 11.4. The molecular formula is C14H16N4O6. The molecule has 1 aromatic rings. The van der Waals surface area contributed by atoms with E-state index in [2.05, 4.69) is 10.9 Å². The highest BCUT2D eigenvalue weighted by Crippen LogP contribution is 2.24. The molecule has 0 bridgehead atoms. The summed E-state index contributed by atoms with van der Waals surface area (Å²) >= 11 is 0. The molecule has 0 radical (unpaired) electrons. The van der Waals surface area contributed by atoms with Gasteiger partial charge in [0, 0.05) is 18.1 Å². The summed E-state index contributed by atoms with van der Waals surface area (Å²) < 4.78 is 0. The molecule has 2 rings (SSSR count). The Hall–Kier alpha value is -3.04. The van der Waals surface area contributed by atoms with Gasteiger partial charge in [0.15, 0.2) is 0 Å². The van der Waals surface area contributed by atoms with Gasteiger partial charge in [-0.1, -0.05) is 19.3 Å². The van der Waals surface area contributed by atoms with Crippen LogP contribution in [0.4, 0.5) is 11.4 Å². The minimum atomic E-state index is -0.856. The number of rotatable bonds is 4. The van der Waals surface area contributed by atoms with E-state index in [0.29, 0.717) is 0 Å². The van der Waals surface area contributed by atoms with Crippen LogP contribution >= 0.6 is 0 Å². The number of hydrogen-bond donors (Lipinski definition) is 2. The summed E-state index contributed by atoms with van der Waals surface area (Å²) in [6, 6.07) is 2.58. The molecule has 0 saturated heterocycles. The second kappa shape index (κ2) is 7.49. The third-order valence-corrected chi connectivity index (χ3v) is 3.86. The topological polar surface area (TPSA) is 144 Å². The molecule has 128 valence electrons. The van der Waals surface area contributed by atoms with Gasteiger partial charge in [0.1, 0.15) is 0 Å². The lowest BCUT2D eigenvalue weighted by molar-refractivity contribution is -0.394. The largest absolute Gasteiger partial charge is 0.277 e. The minimum absolute atomic E-state index is 0.182. The van der Waals surface area contributed by atoms with Crippen LogP contribution in [0.3, 0.4) is 0 Å². The standard InChI is InChI=1S/C14H16N4O6/c19-13(9-4-2-1-3-5-9)15-16-14(20)10-6-11(17(21)22)8-12(7-10)18(23)24/h6-9H,1-5H2,(H,15,19)(H,16,20). The predicted octanol–water partition coefficient (Wildman–Crippen LogP) is 1.84. The maximum atomic E-state index is 12.0. The van der Waals surface area contributed by atoms with Crippen molar-refractivity contribution in [1.82, 2.24) is 10.9 Å². The monoisotopic (exact) mass is 336 g/mol. The van der Waals surface area contributed by atoms with Crippen molar-refractivity contribution in [3.8, 4) is 0 Å². The van der Waals surface area contributed by atoms with Gasteiger partial charge in [0.05, 0.1) is 21.5 Å². The summed E-state index contributed by atoms with van der Waals surface area (Å²) in [6.07, 6.45) is 4.45. The Bertz CT molecular complexity index is 652. The van der Waals surface area contributed by atoms with Crippen LogP contribution in [-0.4, -0.2) is 21.7 Å². The Morgan fingerprint density at radius 1 is 0.917 bits per heavy atom. The predicted molar refractivity (Wildman–Crippen MR) is 81.9 cm³/mol. The molecular weight excluding hydrogens is 320 g/mol. The highest BCUT2D eigenvalue weighted by Gasteiger charge is 2.23. The highest BCUT2D eigenvalue weighted by atomic mass is 16.6. The molecule has 1 aliphatic carbocycles. The lowest BCUT2D eigenvalue weighted by Crippen LogP contribution is -2.45. The molecule has 0 heterocycles. The summed E-state index contributed by atoms with van der Waals surface area (Å²) in [5.74, 6) is -1.37. The summed E-state index contributed by atoms with van der Waals surface area (Å²) in [4.78, 5) is 43.9. The molecule has 1 saturated carbocycles. The summed E-state index contributed by atoms with van der Waals surface area (Å²) in [7, 11) is 0. The molecule has 0 aliphatic heterocycles. The zero-order valence-corrected chi connectivity index (χ0v) is 12.7. The van der Waals surface area contributed by atoms with Crippen molar-refractivity contribution < 1.29 is 19.4 Å². The van der Waals surface area contributed by atoms with Gasteiger partial charge in [0.25, 0.3) is 17.3 Å². The van der Waals surface area contributed by atoms with E-state index < -0.39 is 27.1 Å². The number of hydrogen-bond acceptors (Lipinski definition) is 6. The molecule has 1 aliphatic rings. The van der Waals surface area contributed by atoms with Crippen LogP contribution in [-0.2, 0) is 4.79 Å². The first-order valence-corrected chi connectivity index (χ1v) is 7.42. The second-order valence-electron chi connectivity index (χ2n) is 5.53. The Morgan fingerprint density at radius 3 is 1.96 bits per heavy atom. The molecule has 1 fully saturated rings. The van der Waals surface area contributed by atoms with Crippen LogP contribution in [0.25, 0.3) is 0 Å². The number of nitrogens with one attached hydrogen (secondary N) is 2. The fraction of sp³-hybridized carbons (Fsp3) is 0.429. The van der Waals surface area contributed by atoms with Crippen molar-refractivity contribution in [1.29, 1.82) is 0 Å². The number of amides is 2. The Labute approximate surface area is 136 Å². The third-order valence-electron chi connectivity index (χ3n) is 3.86. The molecule has 10 nitrogen and oxygen atoms in total. The fourth-order valence-corrected chi connectivity index (χ4v) is 2.59. The average molecular weight is 336 g/mol. The van der Waals surface area contributed by atoms with E-state index in [1.54, 1.807) is 0 Å².